The minimum atomic E-state index is 0.643. The van der Waals surface area contributed by atoms with Crippen LogP contribution in [0.1, 0.15) is 34.1 Å². The average Bonchev–Trinajstić information content (AvgIpc) is 2.29. The molecule has 1 N–H and O–H groups in total. The van der Waals surface area contributed by atoms with Crippen LogP contribution in [-0.4, -0.2) is 49.8 Å². The number of hydrogen-bond donors (Lipinski definition) is 1. The number of nitrogens with zero attached hydrogens (tertiary/aromatic N) is 1. The maximum absolute atomic E-state index is 5.46. The van der Waals surface area contributed by atoms with Crippen LogP contribution in [0, 0.1) is 5.92 Å². The van der Waals surface area contributed by atoms with E-state index < -0.39 is 0 Å². The second-order valence-corrected chi connectivity index (χ2v) is 5.01. The predicted molar refractivity (Wildman–Crippen MR) is 68.8 cm³/mol. The highest BCUT2D eigenvalue weighted by Gasteiger charge is 2.27. The summed E-state index contributed by atoms with van der Waals surface area (Å²) in [6, 6.07) is 1.33. The van der Waals surface area contributed by atoms with Crippen LogP contribution in [0.5, 0.6) is 0 Å². The van der Waals surface area contributed by atoms with E-state index in [1.54, 1.807) is 0 Å². The molecule has 2 unspecified atom stereocenters. The minimum absolute atomic E-state index is 0.643. The van der Waals surface area contributed by atoms with Gasteiger partial charge in [0, 0.05) is 38.3 Å². The Labute approximate surface area is 101 Å². The highest BCUT2D eigenvalue weighted by atomic mass is 16.5. The van der Waals surface area contributed by atoms with Crippen molar-refractivity contribution in [3.05, 3.63) is 0 Å². The summed E-state index contributed by atoms with van der Waals surface area (Å²) >= 11 is 0. The van der Waals surface area contributed by atoms with E-state index in [1.807, 2.05) is 0 Å². The molecule has 3 heteroatoms. The summed E-state index contributed by atoms with van der Waals surface area (Å²) in [5.74, 6) is 0.715. The molecule has 1 rings (SSSR count). The summed E-state index contributed by atoms with van der Waals surface area (Å²) in [6.07, 6.45) is 1.23. The van der Waals surface area contributed by atoms with Gasteiger partial charge in [0.25, 0.3) is 0 Å². The Kier molecular flexibility index (Phi) is 6.32. The standard InChI is InChI=1S/C13H28N2O/c1-5-12-9-14-13(11(3)4)10-15(12)7-8-16-6-2/h11-14H,5-10H2,1-4H3. The molecule has 0 aliphatic carbocycles. The normalized spacial score (nSPS) is 27.6. The molecular formula is C13H28N2O. The van der Waals surface area contributed by atoms with Gasteiger partial charge in [-0.2, -0.15) is 0 Å². The van der Waals surface area contributed by atoms with Crippen LogP contribution in [0.3, 0.4) is 0 Å². The largest absolute Gasteiger partial charge is 0.380 e. The van der Waals surface area contributed by atoms with Gasteiger partial charge in [0.15, 0.2) is 0 Å². The van der Waals surface area contributed by atoms with Crippen molar-refractivity contribution < 1.29 is 4.74 Å². The van der Waals surface area contributed by atoms with Gasteiger partial charge < -0.3 is 10.1 Å². The Morgan fingerprint density at radius 1 is 1.38 bits per heavy atom. The van der Waals surface area contributed by atoms with Crippen LogP contribution < -0.4 is 5.32 Å². The van der Waals surface area contributed by atoms with Gasteiger partial charge in [-0.05, 0) is 19.3 Å². The van der Waals surface area contributed by atoms with Crippen LogP contribution >= 0.6 is 0 Å². The lowest BCUT2D eigenvalue weighted by Crippen LogP contribution is -2.58. The first-order valence-corrected chi connectivity index (χ1v) is 6.74. The number of ether oxygens (including phenoxy) is 1. The number of nitrogens with one attached hydrogen (secondary N) is 1. The van der Waals surface area contributed by atoms with E-state index in [4.69, 9.17) is 4.74 Å². The Balaban J connectivity index is 2.40. The van der Waals surface area contributed by atoms with Crippen LogP contribution in [0.15, 0.2) is 0 Å². The first kappa shape index (κ1) is 13.9. The van der Waals surface area contributed by atoms with Crippen molar-refractivity contribution in [3.8, 4) is 0 Å². The van der Waals surface area contributed by atoms with E-state index in [0.29, 0.717) is 18.0 Å². The van der Waals surface area contributed by atoms with E-state index in [0.717, 1.165) is 26.3 Å². The molecule has 3 nitrogen and oxygen atoms in total. The molecule has 1 saturated heterocycles. The monoisotopic (exact) mass is 228 g/mol. The molecular weight excluding hydrogens is 200 g/mol. The van der Waals surface area contributed by atoms with Crippen LogP contribution in [0.2, 0.25) is 0 Å². The van der Waals surface area contributed by atoms with Gasteiger partial charge in [0.1, 0.15) is 0 Å². The van der Waals surface area contributed by atoms with Crippen molar-refractivity contribution in [1.29, 1.82) is 0 Å². The molecule has 0 saturated carbocycles. The van der Waals surface area contributed by atoms with Crippen LogP contribution in [-0.2, 0) is 4.74 Å². The molecule has 0 spiro atoms. The minimum Gasteiger partial charge on any atom is -0.380 e. The second kappa shape index (κ2) is 7.25. The molecule has 16 heavy (non-hydrogen) atoms. The van der Waals surface area contributed by atoms with E-state index in [1.165, 1.54) is 13.0 Å². The molecule has 0 aromatic heterocycles. The van der Waals surface area contributed by atoms with E-state index in [9.17, 15) is 0 Å². The van der Waals surface area contributed by atoms with E-state index in [2.05, 4.69) is 37.9 Å². The molecule has 2 atom stereocenters. The number of rotatable bonds is 6. The van der Waals surface area contributed by atoms with Crippen molar-refractivity contribution >= 4 is 0 Å². The lowest BCUT2D eigenvalue weighted by atomic mass is 9.98. The summed E-state index contributed by atoms with van der Waals surface area (Å²) < 4.78 is 5.46. The molecule has 0 radical (unpaired) electrons. The van der Waals surface area contributed by atoms with Crippen molar-refractivity contribution in [2.24, 2.45) is 5.92 Å². The predicted octanol–water partition coefficient (Wildman–Crippen LogP) is 1.73. The topological polar surface area (TPSA) is 24.5 Å². The molecule has 1 heterocycles. The molecule has 1 aliphatic heterocycles. The molecule has 0 bridgehead atoms. The van der Waals surface area contributed by atoms with Crippen molar-refractivity contribution in [2.75, 3.05) is 32.8 Å². The second-order valence-electron chi connectivity index (χ2n) is 5.01. The third-order valence-electron chi connectivity index (χ3n) is 3.57. The maximum Gasteiger partial charge on any atom is 0.0593 e. The van der Waals surface area contributed by atoms with Crippen molar-refractivity contribution in [3.63, 3.8) is 0 Å². The van der Waals surface area contributed by atoms with Crippen LogP contribution in [0.4, 0.5) is 0 Å². The fourth-order valence-electron chi connectivity index (χ4n) is 2.33. The third kappa shape index (κ3) is 4.04. The Morgan fingerprint density at radius 3 is 2.69 bits per heavy atom. The summed E-state index contributed by atoms with van der Waals surface area (Å²) in [4.78, 5) is 2.59. The third-order valence-corrected chi connectivity index (χ3v) is 3.57. The quantitative estimate of drug-likeness (QED) is 0.701. The summed E-state index contributed by atoms with van der Waals surface area (Å²) in [7, 11) is 0. The van der Waals surface area contributed by atoms with Crippen molar-refractivity contribution in [1.82, 2.24) is 10.2 Å². The average molecular weight is 228 g/mol. The Bertz CT molecular complexity index is 185. The zero-order valence-corrected chi connectivity index (χ0v) is 11.3. The Morgan fingerprint density at radius 2 is 2.12 bits per heavy atom. The first-order chi connectivity index (χ1) is 7.69. The molecule has 96 valence electrons. The summed E-state index contributed by atoms with van der Waals surface area (Å²) in [5, 5.41) is 3.66. The highest BCUT2D eigenvalue weighted by Crippen LogP contribution is 2.14. The molecule has 0 amide bonds. The van der Waals surface area contributed by atoms with Gasteiger partial charge in [-0.15, -0.1) is 0 Å². The maximum atomic E-state index is 5.46. The van der Waals surface area contributed by atoms with Gasteiger partial charge in [-0.3, -0.25) is 4.90 Å². The van der Waals surface area contributed by atoms with E-state index in [-0.39, 0.29) is 0 Å². The van der Waals surface area contributed by atoms with Gasteiger partial charge >= 0.3 is 0 Å². The first-order valence-electron chi connectivity index (χ1n) is 6.74. The van der Waals surface area contributed by atoms with Gasteiger partial charge in [-0.25, -0.2) is 0 Å². The number of piperazine rings is 1. The fourth-order valence-corrected chi connectivity index (χ4v) is 2.33. The van der Waals surface area contributed by atoms with Gasteiger partial charge in [0.2, 0.25) is 0 Å². The molecule has 1 aliphatic rings. The Hall–Kier alpha value is -0.120. The van der Waals surface area contributed by atoms with E-state index >= 15 is 0 Å². The fraction of sp³-hybridized carbons (Fsp3) is 1.00. The zero-order chi connectivity index (χ0) is 12.0. The smallest absolute Gasteiger partial charge is 0.0593 e. The van der Waals surface area contributed by atoms with Crippen LogP contribution in [0.25, 0.3) is 0 Å². The summed E-state index contributed by atoms with van der Waals surface area (Å²) in [6.45, 7) is 14.0. The zero-order valence-electron chi connectivity index (χ0n) is 11.3. The van der Waals surface area contributed by atoms with Gasteiger partial charge in [-0.1, -0.05) is 20.8 Å². The molecule has 1 fully saturated rings. The van der Waals surface area contributed by atoms with Crippen molar-refractivity contribution in [2.45, 2.75) is 46.2 Å². The lowest BCUT2D eigenvalue weighted by Gasteiger charge is -2.41. The SMILES string of the molecule is CCOCCN1CC(C(C)C)NCC1CC. The number of hydrogen-bond acceptors (Lipinski definition) is 3. The highest BCUT2D eigenvalue weighted by molar-refractivity contribution is 4.86. The lowest BCUT2D eigenvalue weighted by molar-refractivity contribution is 0.0618. The molecule has 0 aromatic carbocycles. The summed E-state index contributed by atoms with van der Waals surface area (Å²) in [5.41, 5.74) is 0. The van der Waals surface area contributed by atoms with Gasteiger partial charge in [0.05, 0.1) is 6.61 Å². The molecule has 0 aromatic rings.